The van der Waals surface area contributed by atoms with Gasteiger partial charge in [0.2, 0.25) is 0 Å². The summed E-state index contributed by atoms with van der Waals surface area (Å²) in [7, 11) is -4.15. The maximum Gasteiger partial charge on any atom is 0.527 e. The first-order valence-corrected chi connectivity index (χ1v) is 12.1. The lowest BCUT2D eigenvalue weighted by Crippen LogP contribution is -2.34. The van der Waals surface area contributed by atoms with Gasteiger partial charge in [-0.2, -0.15) is 0 Å². The summed E-state index contributed by atoms with van der Waals surface area (Å²) in [6.07, 6.45) is 5.42. The molecule has 2 unspecified atom stereocenters. The van der Waals surface area contributed by atoms with Gasteiger partial charge >= 0.3 is 7.82 Å². The number of phosphoric acid groups is 1. The van der Waals surface area contributed by atoms with E-state index in [0.717, 1.165) is 69.4 Å². The van der Waals surface area contributed by atoms with Gasteiger partial charge in [0.15, 0.2) is 0 Å². The lowest BCUT2D eigenvalue weighted by molar-refractivity contribution is 0.146. The SMILES string of the molecule is CCc1ccc(C2CCN(CCCCN)CC2)c(OP(=O)(O)OC(C)CC)c1. The molecule has 1 heterocycles. The molecular formula is C21H37N2O4P. The van der Waals surface area contributed by atoms with Gasteiger partial charge < -0.3 is 15.2 Å². The molecule has 3 N–H and O–H groups in total. The first-order chi connectivity index (χ1) is 13.4. The zero-order valence-electron chi connectivity index (χ0n) is 17.6. The summed E-state index contributed by atoms with van der Waals surface area (Å²) in [6.45, 7) is 9.66. The molecule has 2 rings (SSSR count). The zero-order valence-corrected chi connectivity index (χ0v) is 18.5. The Morgan fingerprint density at radius 1 is 1.29 bits per heavy atom. The minimum absolute atomic E-state index is 0.328. The van der Waals surface area contributed by atoms with Gasteiger partial charge in [-0.25, -0.2) is 4.57 Å². The van der Waals surface area contributed by atoms with Gasteiger partial charge in [0.25, 0.3) is 0 Å². The van der Waals surface area contributed by atoms with Crippen LogP contribution in [0.2, 0.25) is 0 Å². The Kier molecular flexibility index (Phi) is 9.45. The van der Waals surface area contributed by atoms with Crippen molar-refractivity contribution in [2.45, 2.75) is 71.3 Å². The molecule has 0 aliphatic carbocycles. The molecule has 0 saturated carbocycles. The van der Waals surface area contributed by atoms with Crippen LogP contribution in [0.15, 0.2) is 18.2 Å². The summed E-state index contributed by atoms with van der Waals surface area (Å²) in [5, 5.41) is 0. The van der Waals surface area contributed by atoms with Gasteiger partial charge in [-0.15, -0.1) is 0 Å². The first-order valence-electron chi connectivity index (χ1n) is 10.6. The summed E-state index contributed by atoms with van der Waals surface area (Å²) in [4.78, 5) is 12.7. The normalized spacial score (nSPS) is 19.3. The number of hydrogen-bond donors (Lipinski definition) is 2. The molecule has 160 valence electrons. The zero-order chi connectivity index (χ0) is 20.6. The molecule has 0 bridgehead atoms. The highest BCUT2D eigenvalue weighted by molar-refractivity contribution is 7.47. The maximum absolute atomic E-state index is 12.5. The van der Waals surface area contributed by atoms with Crippen LogP contribution in [0.25, 0.3) is 0 Å². The molecule has 6 nitrogen and oxygen atoms in total. The Labute approximate surface area is 170 Å². The highest BCUT2D eigenvalue weighted by Gasteiger charge is 2.29. The average molecular weight is 413 g/mol. The van der Waals surface area contributed by atoms with Crippen LogP contribution >= 0.6 is 7.82 Å². The average Bonchev–Trinajstić information content (AvgIpc) is 2.68. The van der Waals surface area contributed by atoms with Crippen molar-refractivity contribution < 1.29 is 18.5 Å². The smallest absolute Gasteiger partial charge is 0.404 e. The Hall–Kier alpha value is -0.910. The molecule has 1 aromatic carbocycles. The highest BCUT2D eigenvalue weighted by atomic mass is 31.2. The first kappa shape index (κ1) is 23.4. The maximum atomic E-state index is 12.5. The standard InChI is InChI=1S/C21H37N2O4P/c1-4-17(3)26-28(24,25)27-21-16-18(5-2)8-9-20(21)19-10-14-23(15-11-19)13-7-6-12-22/h8-9,16-17,19H,4-7,10-15,22H2,1-3H3,(H,24,25). The lowest BCUT2D eigenvalue weighted by Gasteiger charge is -2.33. The van der Waals surface area contributed by atoms with E-state index < -0.39 is 7.82 Å². The minimum Gasteiger partial charge on any atom is -0.404 e. The molecule has 1 aliphatic rings. The largest absolute Gasteiger partial charge is 0.527 e. The van der Waals surface area contributed by atoms with E-state index >= 15 is 0 Å². The fraction of sp³-hybridized carbons (Fsp3) is 0.714. The van der Waals surface area contributed by atoms with Crippen LogP contribution in [0.4, 0.5) is 0 Å². The minimum atomic E-state index is -4.15. The van der Waals surface area contributed by atoms with Gasteiger partial charge in [-0.3, -0.25) is 9.42 Å². The number of piperidine rings is 1. The van der Waals surface area contributed by atoms with E-state index in [1.807, 2.05) is 13.0 Å². The number of likely N-dealkylation sites (tertiary alicyclic amines) is 1. The molecular weight excluding hydrogens is 375 g/mol. The fourth-order valence-electron chi connectivity index (χ4n) is 3.61. The third kappa shape index (κ3) is 7.16. The molecule has 0 spiro atoms. The summed E-state index contributed by atoms with van der Waals surface area (Å²) in [5.41, 5.74) is 7.69. The Morgan fingerprint density at radius 2 is 2.00 bits per heavy atom. The summed E-state index contributed by atoms with van der Waals surface area (Å²) >= 11 is 0. The van der Waals surface area contributed by atoms with E-state index in [1.165, 1.54) is 0 Å². The third-order valence-corrected chi connectivity index (χ3v) is 6.60. The van der Waals surface area contributed by atoms with Crippen molar-refractivity contribution in [2.75, 3.05) is 26.2 Å². The van der Waals surface area contributed by atoms with E-state index in [9.17, 15) is 9.46 Å². The fourth-order valence-corrected chi connectivity index (χ4v) is 4.66. The number of rotatable bonds is 11. The van der Waals surface area contributed by atoms with Gasteiger partial charge in [-0.1, -0.05) is 26.0 Å². The number of phosphoric ester groups is 1. The predicted molar refractivity (Wildman–Crippen MR) is 114 cm³/mol. The second kappa shape index (κ2) is 11.3. The van der Waals surface area contributed by atoms with Gasteiger partial charge in [0.1, 0.15) is 5.75 Å². The van der Waals surface area contributed by atoms with Gasteiger partial charge in [-0.05, 0) is 94.7 Å². The summed E-state index contributed by atoms with van der Waals surface area (Å²) in [5.74, 6) is 0.824. The molecule has 0 amide bonds. The van der Waals surface area contributed by atoms with Crippen molar-refractivity contribution in [3.63, 3.8) is 0 Å². The number of nitrogens with zero attached hydrogens (tertiary/aromatic N) is 1. The summed E-state index contributed by atoms with van der Waals surface area (Å²) in [6, 6.07) is 6.05. The highest BCUT2D eigenvalue weighted by Crippen LogP contribution is 2.48. The van der Waals surface area contributed by atoms with Crippen LogP contribution in [-0.2, 0) is 15.5 Å². The molecule has 0 aromatic heterocycles. The van der Waals surface area contributed by atoms with E-state index in [4.69, 9.17) is 14.8 Å². The van der Waals surface area contributed by atoms with Crippen LogP contribution in [0.1, 0.15) is 69.9 Å². The number of unbranched alkanes of at least 4 members (excludes halogenated alkanes) is 1. The van der Waals surface area contributed by atoms with Crippen molar-refractivity contribution in [3.05, 3.63) is 29.3 Å². The van der Waals surface area contributed by atoms with Crippen LogP contribution in [0.3, 0.4) is 0 Å². The second-order valence-corrected chi connectivity index (χ2v) is 9.05. The van der Waals surface area contributed by atoms with Crippen LogP contribution in [0.5, 0.6) is 5.75 Å². The van der Waals surface area contributed by atoms with Crippen LogP contribution < -0.4 is 10.3 Å². The van der Waals surface area contributed by atoms with E-state index in [2.05, 4.69) is 24.0 Å². The molecule has 1 fully saturated rings. The second-order valence-electron chi connectivity index (χ2n) is 7.72. The number of hydrogen-bond acceptors (Lipinski definition) is 5. The van der Waals surface area contributed by atoms with Gasteiger partial charge in [0, 0.05) is 0 Å². The van der Waals surface area contributed by atoms with E-state index in [1.54, 1.807) is 6.92 Å². The van der Waals surface area contributed by atoms with Crippen molar-refractivity contribution in [1.82, 2.24) is 4.90 Å². The van der Waals surface area contributed by atoms with Crippen LogP contribution in [-0.4, -0.2) is 42.1 Å². The summed E-state index contributed by atoms with van der Waals surface area (Å²) < 4.78 is 23.3. The Bertz CT molecular complexity index is 647. The predicted octanol–water partition coefficient (Wildman–Crippen LogP) is 4.46. The molecule has 0 radical (unpaired) electrons. The van der Waals surface area contributed by atoms with Crippen molar-refractivity contribution in [1.29, 1.82) is 0 Å². The van der Waals surface area contributed by atoms with E-state index in [0.29, 0.717) is 18.1 Å². The van der Waals surface area contributed by atoms with Crippen molar-refractivity contribution >= 4 is 7.82 Å². The lowest BCUT2D eigenvalue weighted by atomic mass is 9.88. The Balaban J connectivity index is 2.09. The van der Waals surface area contributed by atoms with Crippen molar-refractivity contribution in [3.8, 4) is 5.75 Å². The van der Waals surface area contributed by atoms with Crippen molar-refractivity contribution in [2.24, 2.45) is 5.73 Å². The molecule has 2 atom stereocenters. The third-order valence-electron chi connectivity index (χ3n) is 5.54. The molecule has 1 aromatic rings. The molecule has 7 heteroatoms. The monoisotopic (exact) mass is 412 g/mol. The van der Waals surface area contributed by atoms with Gasteiger partial charge in [0.05, 0.1) is 6.10 Å². The van der Waals surface area contributed by atoms with E-state index in [-0.39, 0.29) is 6.10 Å². The topological polar surface area (TPSA) is 85.0 Å². The number of benzene rings is 1. The molecule has 1 aliphatic heterocycles. The number of nitrogens with two attached hydrogens (primary N) is 1. The molecule has 1 saturated heterocycles. The Morgan fingerprint density at radius 3 is 2.61 bits per heavy atom. The molecule has 28 heavy (non-hydrogen) atoms. The quantitative estimate of drug-likeness (QED) is 0.412. The van der Waals surface area contributed by atoms with Crippen LogP contribution in [0, 0.1) is 0 Å². The number of aryl methyl sites for hydroxylation is 1.